The first-order chi connectivity index (χ1) is 8.63. The largest absolute Gasteiger partial charge is 0.469 e. The summed E-state index contributed by atoms with van der Waals surface area (Å²) in [6.07, 6.45) is 0.152. The zero-order chi connectivity index (χ0) is 13.1. The number of hydrogen-bond acceptors (Lipinski definition) is 4. The monoisotopic (exact) mass is 248 g/mol. The van der Waals surface area contributed by atoms with Crippen molar-refractivity contribution in [2.24, 2.45) is 5.73 Å². The molecule has 0 radical (unpaired) electrons. The van der Waals surface area contributed by atoms with E-state index in [2.05, 4.69) is 4.74 Å². The maximum absolute atomic E-state index is 11.7. The molecule has 2 atom stereocenters. The van der Waals surface area contributed by atoms with E-state index in [-0.39, 0.29) is 24.3 Å². The summed E-state index contributed by atoms with van der Waals surface area (Å²) in [4.78, 5) is 24.8. The zero-order valence-corrected chi connectivity index (χ0v) is 10.2. The molecule has 0 aromatic heterocycles. The van der Waals surface area contributed by atoms with Gasteiger partial charge in [0.1, 0.15) is 6.04 Å². The molecule has 0 saturated carbocycles. The minimum Gasteiger partial charge on any atom is -0.469 e. The summed E-state index contributed by atoms with van der Waals surface area (Å²) < 4.78 is 4.67. The summed E-state index contributed by atoms with van der Waals surface area (Å²) in [7, 11) is 1.34. The molecule has 96 valence electrons. The van der Waals surface area contributed by atoms with Crippen LogP contribution < -0.4 is 5.73 Å². The molecule has 2 rings (SSSR count). The van der Waals surface area contributed by atoms with E-state index in [0.717, 1.165) is 5.56 Å². The van der Waals surface area contributed by atoms with Gasteiger partial charge in [0.15, 0.2) is 0 Å². The molecule has 18 heavy (non-hydrogen) atoms. The number of esters is 1. The van der Waals surface area contributed by atoms with Gasteiger partial charge in [-0.2, -0.15) is 0 Å². The first-order valence-corrected chi connectivity index (χ1v) is 5.81. The summed E-state index contributed by atoms with van der Waals surface area (Å²) >= 11 is 0. The van der Waals surface area contributed by atoms with Crippen LogP contribution in [0.15, 0.2) is 30.3 Å². The lowest BCUT2D eigenvalue weighted by atomic mass is 9.96. The van der Waals surface area contributed by atoms with Gasteiger partial charge in [-0.15, -0.1) is 0 Å². The van der Waals surface area contributed by atoms with Gasteiger partial charge in [0.25, 0.3) is 0 Å². The number of nitrogens with two attached hydrogens (primary N) is 1. The Labute approximate surface area is 106 Å². The van der Waals surface area contributed by atoms with Crippen molar-refractivity contribution in [3.05, 3.63) is 35.9 Å². The Bertz CT molecular complexity index is 447. The van der Waals surface area contributed by atoms with Crippen LogP contribution in [0.3, 0.4) is 0 Å². The summed E-state index contributed by atoms with van der Waals surface area (Å²) in [6, 6.07) is 8.71. The number of carbonyl (C=O) groups is 2. The van der Waals surface area contributed by atoms with E-state index in [4.69, 9.17) is 5.73 Å². The van der Waals surface area contributed by atoms with E-state index in [0.29, 0.717) is 6.54 Å². The molecule has 1 saturated heterocycles. The summed E-state index contributed by atoms with van der Waals surface area (Å²) in [5.41, 5.74) is 6.50. The Hall–Kier alpha value is -1.88. The second kappa shape index (κ2) is 5.18. The molecular weight excluding hydrogens is 232 g/mol. The van der Waals surface area contributed by atoms with Gasteiger partial charge in [-0.05, 0) is 5.56 Å². The average Bonchev–Trinajstić information content (AvgIpc) is 2.42. The highest BCUT2D eigenvalue weighted by Crippen LogP contribution is 2.29. The van der Waals surface area contributed by atoms with Crippen molar-refractivity contribution in [1.82, 2.24) is 4.90 Å². The van der Waals surface area contributed by atoms with Crippen LogP contribution in [0.4, 0.5) is 0 Å². The lowest BCUT2D eigenvalue weighted by molar-refractivity contribution is -0.150. The lowest BCUT2D eigenvalue weighted by Gasteiger charge is -2.42. The average molecular weight is 248 g/mol. The number of methoxy groups -OCH3 is 1. The first-order valence-electron chi connectivity index (χ1n) is 5.81. The predicted molar refractivity (Wildman–Crippen MR) is 65.5 cm³/mol. The molecule has 1 aliphatic rings. The molecule has 2 unspecified atom stereocenters. The van der Waals surface area contributed by atoms with Gasteiger partial charge in [0.05, 0.1) is 19.6 Å². The van der Waals surface area contributed by atoms with E-state index in [1.165, 1.54) is 7.11 Å². The number of carbonyl (C=O) groups excluding carboxylic acids is 2. The molecular formula is C13H16N2O3. The molecule has 1 fully saturated rings. The van der Waals surface area contributed by atoms with Crippen molar-refractivity contribution >= 4 is 11.9 Å². The second-order valence-corrected chi connectivity index (χ2v) is 4.30. The third kappa shape index (κ3) is 2.36. The van der Waals surface area contributed by atoms with Gasteiger partial charge in [0, 0.05) is 6.54 Å². The van der Waals surface area contributed by atoms with Crippen LogP contribution >= 0.6 is 0 Å². The summed E-state index contributed by atoms with van der Waals surface area (Å²) in [6.45, 7) is 0.482. The van der Waals surface area contributed by atoms with Gasteiger partial charge < -0.3 is 15.4 Å². The third-order valence-electron chi connectivity index (χ3n) is 3.14. The quantitative estimate of drug-likeness (QED) is 0.620. The van der Waals surface area contributed by atoms with Crippen LogP contribution in [0.2, 0.25) is 0 Å². The van der Waals surface area contributed by atoms with E-state index in [1.54, 1.807) is 4.90 Å². The van der Waals surface area contributed by atoms with Gasteiger partial charge in [0.2, 0.25) is 5.91 Å². The fourth-order valence-corrected chi connectivity index (χ4v) is 2.09. The van der Waals surface area contributed by atoms with Crippen molar-refractivity contribution in [3.8, 4) is 0 Å². The zero-order valence-electron chi connectivity index (χ0n) is 10.2. The highest BCUT2D eigenvalue weighted by Gasteiger charge is 2.39. The molecule has 5 heteroatoms. The molecule has 0 spiro atoms. The SMILES string of the molecule is COC(=O)CC(c1ccccc1)N1CC(N)C1=O. The van der Waals surface area contributed by atoms with Crippen LogP contribution in [0, 0.1) is 0 Å². The van der Waals surface area contributed by atoms with Crippen molar-refractivity contribution in [2.75, 3.05) is 13.7 Å². The molecule has 0 aliphatic carbocycles. The molecule has 1 amide bonds. The van der Waals surface area contributed by atoms with E-state index >= 15 is 0 Å². The number of rotatable bonds is 4. The Kier molecular flexibility index (Phi) is 3.62. The number of hydrogen-bond donors (Lipinski definition) is 1. The number of ether oxygens (including phenoxy) is 1. The third-order valence-corrected chi connectivity index (χ3v) is 3.14. The van der Waals surface area contributed by atoms with Gasteiger partial charge in [-0.3, -0.25) is 9.59 Å². The molecule has 1 heterocycles. The van der Waals surface area contributed by atoms with Gasteiger partial charge >= 0.3 is 5.97 Å². The molecule has 1 aliphatic heterocycles. The number of likely N-dealkylation sites (tertiary alicyclic amines) is 1. The van der Waals surface area contributed by atoms with Crippen molar-refractivity contribution in [2.45, 2.75) is 18.5 Å². The van der Waals surface area contributed by atoms with Crippen LogP contribution in [0.1, 0.15) is 18.0 Å². The highest BCUT2D eigenvalue weighted by molar-refractivity contribution is 5.88. The second-order valence-electron chi connectivity index (χ2n) is 4.30. The van der Waals surface area contributed by atoms with E-state index in [9.17, 15) is 9.59 Å². The molecule has 1 aromatic carbocycles. The molecule has 2 N–H and O–H groups in total. The van der Waals surface area contributed by atoms with Crippen molar-refractivity contribution in [3.63, 3.8) is 0 Å². The summed E-state index contributed by atoms with van der Waals surface area (Å²) in [5.74, 6) is -0.454. The first kappa shape index (κ1) is 12.6. The highest BCUT2D eigenvalue weighted by atomic mass is 16.5. The topological polar surface area (TPSA) is 72.6 Å². The Morgan fingerprint density at radius 1 is 1.50 bits per heavy atom. The molecule has 1 aromatic rings. The Morgan fingerprint density at radius 3 is 2.67 bits per heavy atom. The van der Waals surface area contributed by atoms with Crippen molar-refractivity contribution < 1.29 is 14.3 Å². The van der Waals surface area contributed by atoms with E-state index in [1.807, 2.05) is 30.3 Å². The Morgan fingerprint density at radius 2 is 2.17 bits per heavy atom. The maximum Gasteiger partial charge on any atom is 0.307 e. The number of amides is 1. The van der Waals surface area contributed by atoms with E-state index < -0.39 is 6.04 Å². The standard InChI is InChI=1S/C13H16N2O3/c1-18-12(16)7-11(9-5-3-2-4-6-9)15-8-10(14)13(15)17/h2-6,10-11H,7-8,14H2,1H3. The fraction of sp³-hybridized carbons (Fsp3) is 0.385. The van der Waals surface area contributed by atoms with Crippen LogP contribution in [-0.2, 0) is 14.3 Å². The smallest absolute Gasteiger partial charge is 0.307 e. The number of nitrogens with zero attached hydrogens (tertiary/aromatic N) is 1. The van der Waals surface area contributed by atoms with Crippen LogP contribution in [0.25, 0.3) is 0 Å². The molecule has 5 nitrogen and oxygen atoms in total. The summed E-state index contributed by atoms with van der Waals surface area (Å²) in [5, 5.41) is 0. The molecule has 0 bridgehead atoms. The minimum absolute atomic E-state index is 0.118. The predicted octanol–water partition coefficient (Wildman–Crippen LogP) is 0.460. The van der Waals surface area contributed by atoms with Crippen LogP contribution in [0.5, 0.6) is 0 Å². The van der Waals surface area contributed by atoms with Crippen LogP contribution in [-0.4, -0.2) is 36.5 Å². The Balaban J connectivity index is 2.19. The van der Waals surface area contributed by atoms with Gasteiger partial charge in [-0.25, -0.2) is 0 Å². The lowest BCUT2D eigenvalue weighted by Crippen LogP contribution is -2.61. The fourth-order valence-electron chi connectivity index (χ4n) is 2.09. The number of benzene rings is 1. The van der Waals surface area contributed by atoms with Crippen molar-refractivity contribution in [1.29, 1.82) is 0 Å². The maximum atomic E-state index is 11.7. The normalized spacial score (nSPS) is 20.2. The number of β-lactam (4-membered cyclic amide) rings is 1. The van der Waals surface area contributed by atoms with Gasteiger partial charge in [-0.1, -0.05) is 30.3 Å². The minimum atomic E-state index is -0.436.